The summed E-state index contributed by atoms with van der Waals surface area (Å²) in [6, 6.07) is 11.2. The number of pyridine rings is 1. The molecule has 0 saturated carbocycles. The van der Waals surface area contributed by atoms with Crippen molar-refractivity contribution in [1.29, 1.82) is 0 Å². The highest BCUT2D eigenvalue weighted by Crippen LogP contribution is 2.19. The van der Waals surface area contributed by atoms with E-state index in [0.717, 1.165) is 23.1 Å². The molecule has 30 heavy (non-hydrogen) atoms. The fraction of sp³-hybridized carbons (Fsp3) is 0.364. The summed E-state index contributed by atoms with van der Waals surface area (Å²) in [5.41, 5.74) is 1.20. The van der Waals surface area contributed by atoms with Crippen LogP contribution in [-0.2, 0) is 17.8 Å². The monoisotopic (exact) mass is 429 g/mol. The minimum atomic E-state index is -0.153. The number of aromatic amines is 1. The SMILES string of the molecule is CCOCCCNC(=S)N(Cc1ccco1)Cc1cc2ccc(OC)cc2[nH]c1=O. The molecule has 0 aliphatic heterocycles. The smallest absolute Gasteiger partial charge is 0.253 e. The van der Waals surface area contributed by atoms with Crippen LogP contribution in [0.5, 0.6) is 5.75 Å². The quantitative estimate of drug-likeness (QED) is 0.378. The van der Waals surface area contributed by atoms with Crippen molar-refractivity contribution in [3.8, 4) is 5.75 Å². The zero-order valence-electron chi connectivity index (χ0n) is 17.3. The molecule has 0 aliphatic carbocycles. The second-order valence-electron chi connectivity index (χ2n) is 6.79. The van der Waals surface area contributed by atoms with Crippen LogP contribution in [0.1, 0.15) is 24.7 Å². The number of rotatable bonds is 10. The first kappa shape index (κ1) is 21.9. The third-order valence-corrected chi connectivity index (χ3v) is 5.05. The Morgan fingerprint density at radius 1 is 1.27 bits per heavy atom. The summed E-state index contributed by atoms with van der Waals surface area (Å²) in [6.07, 6.45) is 2.48. The Morgan fingerprint density at radius 3 is 2.87 bits per heavy atom. The standard InChI is InChI=1S/C22H27N3O4S/c1-3-28-10-5-9-23-22(30)25(15-19-6-4-11-29-19)14-17-12-16-7-8-18(27-2)13-20(16)24-21(17)26/h4,6-8,11-13H,3,5,9-10,14-15H2,1-2H3,(H,23,30)(H,24,26). The van der Waals surface area contributed by atoms with Gasteiger partial charge in [-0.3, -0.25) is 4.79 Å². The molecule has 3 aromatic rings. The summed E-state index contributed by atoms with van der Waals surface area (Å²) in [5, 5.41) is 4.75. The second kappa shape index (κ2) is 10.8. The molecule has 0 unspecified atom stereocenters. The van der Waals surface area contributed by atoms with Crippen molar-refractivity contribution < 1.29 is 13.9 Å². The zero-order valence-corrected chi connectivity index (χ0v) is 18.1. The van der Waals surface area contributed by atoms with Crippen molar-refractivity contribution in [2.75, 3.05) is 26.9 Å². The van der Waals surface area contributed by atoms with E-state index in [-0.39, 0.29) is 5.56 Å². The minimum Gasteiger partial charge on any atom is -0.497 e. The minimum absolute atomic E-state index is 0.153. The first-order valence-electron chi connectivity index (χ1n) is 9.93. The van der Waals surface area contributed by atoms with Gasteiger partial charge in [0.2, 0.25) is 0 Å². The lowest BCUT2D eigenvalue weighted by atomic mass is 10.1. The van der Waals surface area contributed by atoms with Crippen LogP contribution in [0.25, 0.3) is 10.9 Å². The number of benzene rings is 1. The van der Waals surface area contributed by atoms with Gasteiger partial charge in [-0.05, 0) is 61.3 Å². The molecule has 0 bridgehead atoms. The van der Waals surface area contributed by atoms with Gasteiger partial charge in [0.25, 0.3) is 5.56 Å². The molecule has 3 rings (SSSR count). The number of fused-ring (bicyclic) bond motifs is 1. The van der Waals surface area contributed by atoms with E-state index in [4.69, 9.17) is 26.1 Å². The summed E-state index contributed by atoms with van der Waals surface area (Å²) >= 11 is 5.60. The molecule has 2 N–H and O–H groups in total. The van der Waals surface area contributed by atoms with E-state index in [0.29, 0.717) is 49.3 Å². The molecule has 0 saturated heterocycles. The zero-order chi connectivity index (χ0) is 21.3. The Balaban J connectivity index is 1.77. The first-order chi connectivity index (χ1) is 14.6. The number of H-pyrrole nitrogens is 1. The summed E-state index contributed by atoms with van der Waals surface area (Å²) in [6.45, 7) is 4.87. The van der Waals surface area contributed by atoms with Crippen molar-refractivity contribution in [3.05, 3.63) is 64.3 Å². The van der Waals surface area contributed by atoms with Gasteiger partial charge < -0.3 is 29.1 Å². The molecule has 0 amide bonds. The predicted molar refractivity (Wildman–Crippen MR) is 121 cm³/mol. The highest BCUT2D eigenvalue weighted by Gasteiger charge is 2.15. The van der Waals surface area contributed by atoms with Crippen LogP contribution >= 0.6 is 12.2 Å². The Hall–Kier alpha value is -2.84. The number of ether oxygens (including phenoxy) is 2. The molecule has 8 heteroatoms. The first-order valence-corrected chi connectivity index (χ1v) is 10.3. The Morgan fingerprint density at radius 2 is 2.13 bits per heavy atom. The number of hydrogen-bond donors (Lipinski definition) is 2. The molecule has 0 radical (unpaired) electrons. The average molecular weight is 430 g/mol. The van der Waals surface area contributed by atoms with Gasteiger partial charge in [-0.2, -0.15) is 0 Å². The van der Waals surface area contributed by atoms with Gasteiger partial charge in [0, 0.05) is 31.4 Å². The number of furan rings is 1. The van der Waals surface area contributed by atoms with Crippen LogP contribution in [-0.4, -0.2) is 41.9 Å². The number of nitrogens with zero attached hydrogens (tertiary/aromatic N) is 1. The third-order valence-electron chi connectivity index (χ3n) is 4.65. The van der Waals surface area contributed by atoms with Crippen LogP contribution in [0.3, 0.4) is 0 Å². The van der Waals surface area contributed by atoms with E-state index in [1.165, 1.54) is 0 Å². The maximum absolute atomic E-state index is 12.7. The lowest BCUT2D eigenvalue weighted by Gasteiger charge is -2.25. The molecular formula is C22H27N3O4S. The topological polar surface area (TPSA) is 79.7 Å². The van der Waals surface area contributed by atoms with Crippen LogP contribution in [0.4, 0.5) is 0 Å². The summed E-state index contributed by atoms with van der Waals surface area (Å²) in [5.74, 6) is 1.47. The van der Waals surface area contributed by atoms with E-state index in [2.05, 4.69) is 10.3 Å². The Kier molecular flexibility index (Phi) is 7.87. The molecule has 0 aliphatic rings. The van der Waals surface area contributed by atoms with Crippen LogP contribution in [0.15, 0.2) is 51.9 Å². The fourth-order valence-electron chi connectivity index (χ4n) is 3.09. The second-order valence-corrected chi connectivity index (χ2v) is 7.18. The summed E-state index contributed by atoms with van der Waals surface area (Å²) < 4.78 is 16.1. The average Bonchev–Trinajstić information content (AvgIpc) is 3.26. The largest absolute Gasteiger partial charge is 0.497 e. The van der Waals surface area contributed by atoms with Crippen LogP contribution in [0, 0.1) is 0 Å². The molecule has 0 spiro atoms. The lowest BCUT2D eigenvalue weighted by molar-refractivity contribution is 0.145. The van der Waals surface area contributed by atoms with E-state index in [1.54, 1.807) is 13.4 Å². The van der Waals surface area contributed by atoms with E-state index in [1.807, 2.05) is 48.2 Å². The number of nitrogens with one attached hydrogen (secondary N) is 2. The molecule has 7 nitrogen and oxygen atoms in total. The fourth-order valence-corrected chi connectivity index (χ4v) is 3.32. The van der Waals surface area contributed by atoms with Crippen molar-refractivity contribution in [2.24, 2.45) is 0 Å². The van der Waals surface area contributed by atoms with Gasteiger partial charge >= 0.3 is 0 Å². The Labute approximate surface area is 181 Å². The Bertz CT molecular complexity index is 1020. The number of aromatic nitrogens is 1. The van der Waals surface area contributed by atoms with Crippen LogP contribution < -0.4 is 15.6 Å². The van der Waals surface area contributed by atoms with Gasteiger partial charge in [-0.25, -0.2) is 0 Å². The van der Waals surface area contributed by atoms with Gasteiger partial charge in [-0.15, -0.1) is 0 Å². The third kappa shape index (κ3) is 5.84. The van der Waals surface area contributed by atoms with E-state index in [9.17, 15) is 4.79 Å². The highest BCUT2D eigenvalue weighted by atomic mass is 32.1. The number of hydrogen-bond acceptors (Lipinski definition) is 5. The van der Waals surface area contributed by atoms with Crippen molar-refractivity contribution in [2.45, 2.75) is 26.4 Å². The molecule has 160 valence electrons. The van der Waals surface area contributed by atoms with E-state index < -0.39 is 0 Å². The molecule has 0 atom stereocenters. The summed E-state index contributed by atoms with van der Waals surface area (Å²) in [7, 11) is 1.60. The molecule has 0 fully saturated rings. The maximum atomic E-state index is 12.7. The maximum Gasteiger partial charge on any atom is 0.253 e. The van der Waals surface area contributed by atoms with Crippen molar-refractivity contribution in [1.82, 2.24) is 15.2 Å². The van der Waals surface area contributed by atoms with Gasteiger partial charge in [0.15, 0.2) is 5.11 Å². The molecular weight excluding hydrogens is 402 g/mol. The van der Waals surface area contributed by atoms with E-state index >= 15 is 0 Å². The highest BCUT2D eigenvalue weighted by molar-refractivity contribution is 7.80. The van der Waals surface area contributed by atoms with Gasteiger partial charge in [0.05, 0.1) is 32.0 Å². The normalized spacial score (nSPS) is 10.9. The number of methoxy groups -OCH3 is 1. The van der Waals surface area contributed by atoms with Crippen molar-refractivity contribution >= 4 is 28.2 Å². The predicted octanol–water partition coefficient (Wildman–Crippen LogP) is 3.43. The summed E-state index contributed by atoms with van der Waals surface area (Å²) in [4.78, 5) is 17.6. The van der Waals surface area contributed by atoms with Crippen molar-refractivity contribution in [3.63, 3.8) is 0 Å². The van der Waals surface area contributed by atoms with Crippen LogP contribution in [0.2, 0.25) is 0 Å². The molecule has 2 heterocycles. The van der Waals surface area contributed by atoms with Gasteiger partial charge in [-0.1, -0.05) is 0 Å². The lowest BCUT2D eigenvalue weighted by Crippen LogP contribution is -2.40. The molecule has 2 aromatic heterocycles. The molecule has 1 aromatic carbocycles. The van der Waals surface area contributed by atoms with Gasteiger partial charge in [0.1, 0.15) is 11.5 Å². The number of thiocarbonyl (C=S) groups is 1.